The van der Waals surface area contributed by atoms with E-state index in [0.29, 0.717) is 7.11 Å². The summed E-state index contributed by atoms with van der Waals surface area (Å²) in [7, 11) is 0.518. The molecule has 0 aromatic heterocycles. The lowest BCUT2D eigenvalue weighted by atomic mass is 10.2. The molecule has 0 atom stereocenters. The van der Waals surface area contributed by atoms with Gasteiger partial charge in [0, 0.05) is 13.5 Å². The Kier molecular flexibility index (Phi) is 3.25. The third-order valence-electron chi connectivity index (χ3n) is 1.14. The van der Waals surface area contributed by atoms with Gasteiger partial charge in [0.25, 0.3) is 0 Å². The standard InChI is InChI=1S/C5H9F4NO/c1-11-5(8,9)4(6,7)2-3-10/h2-3,10H2,1H3. The van der Waals surface area contributed by atoms with Crippen LogP contribution in [0.25, 0.3) is 0 Å². The molecule has 0 saturated carbocycles. The quantitative estimate of drug-likeness (QED) is 0.652. The first-order valence-corrected chi connectivity index (χ1v) is 2.88. The van der Waals surface area contributed by atoms with Crippen molar-refractivity contribution in [3.8, 4) is 0 Å². The van der Waals surface area contributed by atoms with E-state index in [4.69, 9.17) is 5.73 Å². The Bertz CT molecular complexity index is 128. The largest absolute Gasteiger partial charge is 0.419 e. The summed E-state index contributed by atoms with van der Waals surface area (Å²) in [5, 5.41) is 0. The van der Waals surface area contributed by atoms with Crippen LogP contribution in [0.4, 0.5) is 17.6 Å². The van der Waals surface area contributed by atoms with Gasteiger partial charge in [-0.3, -0.25) is 0 Å². The summed E-state index contributed by atoms with van der Waals surface area (Å²) in [5.41, 5.74) is 4.70. The van der Waals surface area contributed by atoms with Crippen molar-refractivity contribution in [3.63, 3.8) is 0 Å². The summed E-state index contributed by atoms with van der Waals surface area (Å²) in [6.45, 7) is -0.508. The molecule has 6 heteroatoms. The van der Waals surface area contributed by atoms with Crippen LogP contribution in [0.15, 0.2) is 0 Å². The van der Waals surface area contributed by atoms with E-state index < -0.39 is 25.0 Å². The zero-order valence-electron chi connectivity index (χ0n) is 5.91. The highest BCUT2D eigenvalue weighted by molar-refractivity contribution is 4.76. The molecule has 0 aromatic carbocycles. The zero-order chi connectivity index (χ0) is 9.12. The van der Waals surface area contributed by atoms with Crippen LogP contribution in [-0.2, 0) is 4.74 Å². The minimum absolute atomic E-state index is 0.508. The molecule has 11 heavy (non-hydrogen) atoms. The summed E-state index contributed by atoms with van der Waals surface area (Å²) < 4.78 is 52.0. The van der Waals surface area contributed by atoms with E-state index in [2.05, 4.69) is 4.74 Å². The maximum atomic E-state index is 12.2. The summed E-state index contributed by atoms with van der Waals surface area (Å²) in [5.74, 6) is -4.18. The first kappa shape index (κ1) is 10.6. The maximum Gasteiger partial charge on any atom is 0.419 e. The van der Waals surface area contributed by atoms with Crippen molar-refractivity contribution < 1.29 is 22.3 Å². The van der Waals surface area contributed by atoms with Crippen molar-refractivity contribution in [2.75, 3.05) is 13.7 Å². The Morgan fingerprint density at radius 3 is 2.00 bits per heavy atom. The molecule has 0 rings (SSSR count). The minimum atomic E-state index is -4.42. The minimum Gasteiger partial charge on any atom is -0.330 e. The summed E-state index contributed by atoms with van der Waals surface area (Å²) in [6, 6.07) is 0. The van der Waals surface area contributed by atoms with Gasteiger partial charge in [-0.05, 0) is 6.54 Å². The predicted molar refractivity (Wildman–Crippen MR) is 30.6 cm³/mol. The molecule has 0 aliphatic heterocycles. The van der Waals surface area contributed by atoms with E-state index in [9.17, 15) is 17.6 Å². The lowest BCUT2D eigenvalue weighted by Crippen LogP contribution is -2.43. The number of ether oxygens (including phenoxy) is 1. The van der Waals surface area contributed by atoms with Crippen molar-refractivity contribution >= 4 is 0 Å². The Hall–Kier alpha value is -0.360. The fourth-order valence-electron chi connectivity index (χ4n) is 0.476. The predicted octanol–water partition coefficient (Wildman–Crippen LogP) is 1.21. The van der Waals surface area contributed by atoms with E-state index in [1.54, 1.807) is 0 Å². The molecule has 0 amide bonds. The van der Waals surface area contributed by atoms with Gasteiger partial charge in [-0.25, -0.2) is 0 Å². The van der Waals surface area contributed by atoms with E-state index in [0.717, 1.165) is 0 Å². The highest BCUT2D eigenvalue weighted by Crippen LogP contribution is 2.36. The molecule has 0 unspecified atom stereocenters. The van der Waals surface area contributed by atoms with Crippen molar-refractivity contribution in [2.24, 2.45) is 5.73 Å². The number of rotatable bonds is 4. The maximum absolute atomic E-state index is 12.2. The Labute approximate surface area is 61.3 Å². The topological polar surface area (TPSA) is 35.2 Å². The molecule has 0 fully saturated rings. The third-order valence-corrected chi connectivity index (χ3v) is 1.14. The number of hydrogen-bond acceptors (Lipinski definition) is 2. The molecular weight excluding hydrogens is 166 g/mol. The van der Waals surface area contributed by atoms with Gasteiger partial charge in [0.15, 0.2) is 0 Å². The fraction of sp³-hybridized carbons (Fsp3) is 1.00. The molecule has 2 nitrogen and oxygen atoms in total. The van der Waals surface area contributed by atoms with Crippen LogP contribution in [0.5, 0.6) is 0 Å². The molecule has 0 aliphatic carbocycles. The lowest BCUT2D eigenvalue weighted by Gasteiger charge is -2.23. The molecule has 0 aromatic rings. The molecule has 0 saturated heterocycles. The number of halogens is 4. The van der Waals surface area contributed by atoms with Crippen LogP contribution in [0.2, 0.25) is 0 Å². The first-order valence-electron chi connectivity index (χ1n) is 2.88. The monoisotopic (exact) mass is 175 g/mol. The summed E-state index contributed by atoms with van der Waals surface area (Å²) in [4.78, 5) is 0. The van der Waals surface area contributed by atoms with Gasteiger partial charge in [0.1, 0.15) is 0 Å². The number of nitrogens with two attached hydrogens (primary N) is 1. The number of methoxy groups -OCH3 is 1. The second kappa shape index (κ2) is 3.36. The zero-order valence-corrected chi connectivity index (χ0v) is 5.91. The first-order chi connectivity index (χ1) is 4.87. The molecule has 0 heterocycles. The second-order valence-electron chi connectivity index (χ2n) is 1.96. The van der Waals surface area contributed by atoms with Crippen LogP contribution in [-0.4, -0.2) is 25.7 Å². The molecule has 2 N–H and O–H groups in total. The van der Waals surface area contributed by atoms with Gasteiger partial charge in [-0.2, -0.15) is 17.6 Å². The number of hydrogen-bond donors (Lipinski definition) is 1. The normalized spacial score (nSPS) is 13.6. The van der Waals surface area contributed by atoms with Crippen LogP contribution in [0.3, 0.4) is 0 Å². The molecular formula is C5H9F4NO. The molecule has 0 bridgehead atoms. The fourth-order valence-corrected chi connectivity index (χ4v) is 0.476. The number of alkyl halides is 4. The van der Waals surface area contributed by atoms with Gasteiger partial charge >= 0.3 is 12.0 Å². The van der Waals surface area contributed by atoms with Crippen LogP contribution >= 0.6 is 0 Å². The average Bonchev–Trinajstić information content (AvgIpc) is 1.87. The van der Waals surface area contributed by atoms with Gasteiger partial charge in [0.05, 0.1) is 0 Å². The second-order valence-corrected chi connectivity index (χ2v) is 1.96. The summed E-state index contributed by atoms with van der Waals surface area (Å²) in [6.07, 6.45) is -5.51. The van der Waals surface area contributed by atoms with Crippen molar-refractivity contribution in [2.45, 2.75) is 18.5 Å². The van der Waals surface area contributed by atoms with Crippen LogP contribution in [0, 0.1) is 0 Å². The molecule has 0 radical (unpaired) electrons. The lowest BCUT2D eigenvalue weighted by molar-refractivity contribution is -0.338. The smallest absolute Gasteiger partial charge is 0.330 e. The SMILES string of the molecule is COC(F)(F)C(F)(F)CCN. The van der Waals surface area contributed by atoms with Crippen molar-refractivity contribution in [1.82, 2.24) is 0 Å². The summed E-state index contributed by atoms with van der Waals surface area (Å²) >= 11 is 0. The average molecular weight is 175 g/mol. The Morgan fingerprint density at radius 2 is 1.73 bits per heavy atom. The van der Waals surface area contributed by atoms with Gasteiger partial charge < -0.3 is 10.5 Å². The van der Waals surface area contributed by atoms with Gasteiger partial charge in [0.2, 0.25) is 0 Å². The molecule has 0 aliphatic rings. The third kappa shape index (κ3) is 2.30. The van der Waals surface area contributed by atoms with E-state index >= 15 is 0 Å². The Morgan fingerprint density at radius 1 is 1.27 bits per heavy atom. The van der Waals surface area contributed by atoms with Gasteiger partial charge in [-0.1, -0.05) is 0 Å². The molecule has 68 valence electrons. The van der Waals surface area contributed by atoms with E-state index in [1.807, 2.05) is 0 Å². The van der Waals surface area contributed by atoms with E-state index in [-0.39, 0.29) is 0 Å². The van der Waals surface area contributed by atoms with E-state index in [1.165, 1.54) is 0 Å². The highest BCUT2D eigenvalue weighted by Gasteiger charge is 2.56. The van der Waals surface area contributed by atoms with Gasteiger partial charge in [-0.15, -0.1) is 0 Å². The van der Waals surface area contributed by atoms with Crippen molar-refractivity contribution in [1.29, 1.82) is 0 Å². The molecule has 0 spiro atoms. The van der Waals surface area contributed by atoms with Crippen LogP contribution < -0.4 is 5.73 Å². The van der Waals surface area contributed by atoms with Crippen molar-refractivity contribution in [3.05, 3.63) is 0 Å². The van der Waals surface area contributed by atoms with Crippen LogP contribution in [0.1, 0.15) is 6.42 Å². The highest BCUT2D eigenvalue weighted by atomic mass is 19.3. The Balaban J connectivity index is 4.26.